The molecular weight excluding hydrogens is 482 g/mol. The number of methoxy groups -OCH3 is 2. The van der Waals surface area contributed by atoms with E-state index in [-0.39, 0.29) is 25.0 Å². The molecule has 2 atom stereocenters. The highest BCUT2D eigenvalue weighted by atomic mass is 32.2. The molecule has 10 heteroatoms. The van der Waals surface area contributed by atoms with Gasteiger partial charge >= 0.3 is 0 Å². The molecule has 0 bridgehead atoms. The first kappa shape index (κ1) is 26.4. The number of aliphatic hydroxyl groups is 1. The fraction of sp³-hybridized carbons (Fsp3) is 0.538. The predicted molar refractivity (Wildman–Crippen MR) is 137 cm³/mol. The second-order valence-corrected chi connectivity index (χ2v) is 12.4. The van der Waals surface area contributed by atoms with Crippen LogP contribution in [-0.2, 0) is 14.8 Å². The van der Waals surface area contributed by atoms with E-state index in [0.29, 0.717) is 30.8 Å². The van der Waals surface area contributed by atoms with E-state index in [1.165, 1.54) is 10.4 Å². The van der Waals surface area contributed by atoms with Gasteiger partial charge in [-0.15, -0.1) is 0 Å². The topological polar surface area (TPSA) is 109 Å². The molecule has 1 fully saturated rings. The van der Waals surface area contributed by atoms with Gasteiger partial charge in [-0.2, -0.15) is 9.41 Å². The number of benzene rings is 1. The van der Waals surface area contributed by atoms with E-state index in [4.69, 9.17) is 14.6 Å². The standard InChI is InChI=1S/C26H35N3O6S/c1-18-8-6-7-13-26(18,31)36(32,33)28-14-11-20(12-15-28)29-24(30)25(2,3)17-21(27-29)19-9-10-22(34-4)23(16-19)35-5/h6-10,13,16,18,20,31H,11-12,14-15,17H2,1-5H3. The Morgan fingerprint density at radius 2 is 1.75 bits per heavy atom. The van der Waals surface area contributed by atoms with Crippen molar-refractivity contribution in [1.29, 1.82) is 0 Å². The van der Waals surface area contributed by atoms with Crippen molar-refractivity contribution in [2.24, 2.45) is 16.4 Å². The zero-order valence-corrected chi connectivity index (χ0v) is 22.3. The third-order valence-electron chi connectivity index (χ3n) is 7.36. The Morgan fingerprint density at radius 1 is 1.08 bits per heavy atom. The zero-order chi connectivity index (χ0) is 26.3. The zero-order valence-electron chi connectivity index (χ0n) is 21.5. The molecule has 0 radical (unpaired) electrons. The first-order valence-electron chi connectivity index (χ1n) is 12.2. The molecule has 196 valence electrons. The lowest BCUT2D eigenvalue weighted by atomic mass is 9.82. The van der Waals surface area contributed by atoms with Gasteiger partial charge in [0, 0.05) is 31.0 Å². The third kappa shape index (κ3) is 4.46. The first-order chi connectivity index (χ1) is 16.9. The monoisotopic (exact) mass is 517 g/mol. The highest BCUT2D eigenvalue weighted by Gasteiger charge is 2.49. The summed E-state index contributed by atoms with van der Waals surface area (Å²) in [7, 11) is -0.859. The van der Waals surface area contributed by atoms with Crippen LogP contribution in [0, 0.1) is 11.3 Å². The van der Waals surface area contributed by atoms with Gasteiger partial charge < -0.3 is 14.6 Å². The van der Waals surface area contributed by atoms with Crippen molar-refractivity contribution in [3.8, 4) is 11.5 Å². The third-order valence-corrected chi connectivity index (χ3v) is 9.74. The summed E-state index contributed by atoms with van der Waals surface area (Å²) in [5.41, 5.74) is 0.932. The molecule has 2 unspecified atom stereocenters. The average Bonchev–Trinajstić information content (AvgIpc) is 2.86. The van der Waals surface area contributed by atoms with Gasteiger partial charge in [-0.3, -0.25) is 4.79 Å². The molecule has 1 aromatic carbocycles. The van der Waals surface area contributed by atoms with E-state index >= 15 is 0 Å². The molecule has 1 saturated heterocycles. The van der Waals surface area contributed by atoms with Crippen LogP contribution < -0.4 is 9.47 Å². The molecule has 0 saturated carbocycles. The number of carbonyl (C=O) groups excluding carboxylic acids is 1. The lowest BCUT2D eigenvalue weighted by molar-refractivity contribution is -0.144. The predicted octanol–water partition coefficient (Wildman–Crippen LogP) is 2.91. The molecule has 1 aromatic rings. The molecule has 1 aliphatic carbocycles. The number of hydrazone groups is 1. The molecule has 2 aliphatic heterocycles. The van der Waals surface area contributed by atoms with Crippen LogP contribution in [0.25, 0.3) is 0 Å². The minimum Gasteiger partial charge on any atom is -0.493 e. The van der Waals surface area contributed by atoms with Gasteiger partial charge in [0.2, 0.25) is 20.9 Å². The van der Waals surface area contributed by atoms with E-state index in [0.717, 1.165) is 11.3 Å². The number of hydrogen-bond donors (Lipinski definition) is 1. The fourth-order valence-corrected chi connectivity index (χ4v) is 6.91. The van der Waals surface area contributed by atoms with Crippen molar-refractivity contribution in [3.05, 3.63) is 48.1 Å². The first-order valence-corrected chi connectivity index (χ1v) is 13.6. The van der Waals surface area contributed by atoms with E-state index in [2.05, 4.69) is 0 Å². The largest absolute Gasteiger partial charge is 0.493 e. The summed E-state index contributed by atoms with van der Waals surface area (Å²) >= 11 is 0. The Morgan fingerprint density at radius 3 is 2.36 bits per heavy atom. The molecule has 3 aliphatic rings. The van der Waals surface area contributed by atoms with Crippen LogP contribution in [0.4, 0.5) is 0 Å². The number of hydrogen-bond acceptors (Lipinski definition) is 7. The van der Waals surface area contributed by atoms with E-state index in [1.807, 2.05) is 32.0 Å². The molecular formula is C26H35N3O6S. The second kappa shape index (κ2) is 9.64. The lowest BCUT2D eigenvalue weighted by Crippen LogP contribution is -2.56. The summed E-state index contributed by atoms with van der Waals surface area (Å²) in [6.07, 6.45) is 7.64. The Hall–Kier alpha value is -2.69. The summed E-state index contributed by atoms with van der Waals surface area (Å²) < 4.78 is 38.8. The van der Waals surface area contributed by atoms with Gasteiger partial charge in [-0.25, -0.2) is 13.4 Å². The van der Waals surface area contributed by atoms with Crippen LogP contribution in [-0.4, -0.2) is 72.7 Å². The Labute approximate surface area is 213 Å². The summed E-state index contributed by atoms with van der Waals surface area (Å²) in [5.74, 6) is 0.540. The molecule has 0 spiro atoms. The number of amides is 1. The van der Waals surface area contributed by atoms with Crippen LogP contribution in [0.2, 0.25) is 0 Å². The number of ether oxygens (including phenoxy) is 2. The van der Waals surface area contributed by atoms with Gasteiger partial charge in [0.1, 0.15) is 0 Å². The number of allylic oxidation sites excluding steroid dienone is 2. The normalized spacial score (nSPS) is 27.2. The van der Waals surface area contributed by atoms with Crippen LogP contribution in [0.1, 0.15) is 45.6 Å². The Balaban J connectivity index is 1.56. The van der Waals surface area contributed by atoms with Crippen LogP contribution in [0.3, 0.4) is 0 Å². The van der Waals surface area contributed by atoms with Crippen molar-refractivity contribution in [3.63, 3.8) is 0 Å². The molecule has 4 rings (SSSR count). The van der Waals surface area contributed by atoms with Crippen molar-refractivity contribution in [2.75, 3.05) is 27.3 Å². The Bertz CT molecular complexity index is 1210. The summed E-state index contributed by atoms with van der Waals surface area (Å²) in [6, 6.07) is 5.32. The van der Waals surface area contributed by atoms with Crippen molar-refractivity contribution in [2.45, 2.75) is 51.0 Å². The number of nitrogens with zero attached hydrogens (tertiary/aromatic N) is 3. The van der Waals surface area contributed by atoms with Crippen LogP contribution in [0.15, 0.2) is 47.6 Å². The quantitative estimate of drug-likeness (QED) is 0.622. The van der Waals surface area contributed by atoms with Gasteiger partial charge in [0.15, 0.2) is 11.5 Å². The SMILES string of the molecule is COc1ccc(C2=NN(C3CCN(S(=O)(=O)C4(O)C=CC=CC4C)CC3)C(=O)C(C)(C)C2)cc1OC. The van der Waals surface area contributed by atoms with Crippen molar-refractivity contribution < 1.29 is 27.8 Å². The van der Waals surface area contributed by atoms with E-state index < -0.39 is 26.3 Å². The number of piperidine rings is 1. The molecule has 0 aromatic heterocycles. The van der Waals surface area contributed by atoms with Gasteiger partial charge in [0.25, 0.3) is 0 Å². The van der Waals surface area contributed by atoms with E-state index in [1.54, 1.807) is 44.4 Å². The fourth-order valence-electron chi connectivity index (χ4n) is 5.01. The van der Waals surface area contributed by atoms with Crippen molar-refractivity contribution >= 4 is 21.6 Å². The average molecular weight is 518 g/mol. The van der Waals surface area contributed by atoms with Crippen molar-refractivity contribution in [1.82, 2.24) is 9.31 Å². The second-order valence-electron chi connectivity index (χ2n) is 10.2. The molecule has 2 heterocycles. The van der Waals surface area contributed by atoms with Gasteiger partial charge in [-0.1, -0.05) is 39.0 Å². The lowest BCUT2D eigenvalue weighted by Gasteiger charge is -2.43. The van der Waals surface area contributed by atoms with Crippen LogP contribution in [0.5, 0.6) is 11.5 Å². The van der Waals surface area contributed by atoms with E-state index in [9.17, 15) is 18.3 Å². The van der Waals surface area contributed by atoms with Gasteiger partial charge in [-0.05, 0) is 37.1 Å². The Kier molecular flexibility index (Phi) is 7.07. The molecule has 36 heavy (non-hydrogen) atoms. The molecule has 1 amide bonds. The highest BCUT2D eigenvalue weighted by Crippen LogP contribution is 2.38. The molecule has 1 N–H and O–H groups in total. The molecule has 9 nitrogen and oxygen atoms in total. The summed E-state index contributed by atoms with van der Waals surface area (Å²) in [6.45, 7) is 5.88. The minimum absolute atomic E-state index is 0.0827. The number of rotatable bonds is 6. The number of carbonyl (C=O) groups is 1. The highest BCUT2D eigenvalue weighted by molar-refractivity contribution is 7.90. The maximum Gasteiger partial charge on any atom is 0.248 e. The maximum absolute atomic E-state index is 13.4. The summed E-state index contributed by atoms with van der Waals surface area (Å²) in [5, 5.41) is 17.3. The number of sulfonamides is 1. The maximum atomic E-state index is 13.4. The summed E-state index contributed by atoms with van der Waals surface area (Å²) in [4.78, 5) is 11.4. The minimum atomic E-state index is -4.01. The van der Waals surface area contributed by atoms with Gasteiger partial charge in [0.05, 0.1) is 31.4 Å². The van der Waals surface area contributed by atoms with Crippen LogP contribution >= 0.6 is 0 Å². The smallest absolute Gasteiger partial charge is 0.248 e.